The van der Waals surface area contributed by atoms with Crippen LogP contribution in [0.15, 0.2) is 35.6 Å². The molecule has 8 heteroatoms. The van der Waals surface area contributed by atoms with Crippen LogP contribution in [0.25, 0.3) is 0 Å². The Morgan fingerprint density at radius 2 is 2.11 bits per heavy atom. The Morgan fingerprint density at radius 1 is 1.33 bits per heavy atom. The Bertz CT molecular complexity index is 772. The average molecular weight is 410 g/mol. The van der Waals surface area contributed by atoms with Gasteiger partial charge in [-0.25, -0.2) is 0 Å². The summed E-state index contributed by atoms with van der Waals surface area (Å²) in [5, 5.41) is 8.94. The minimum Gasteiger partial charge on any atom is -0.370 e. The van der Waals surface area contributed by atoms with E-state index >= 15 is 0 Å². The van der Waals surface area contributed by atoms with Crippen LogP contribution in [0.1, 0.15) is 24.2 Å². The zero-order valence-corrected chi connectivity index (χ0v) is 17.2. The van der Waals surface area contributed by atoms with Crippen LogP contribution in [-0.4, -0.2) is 53.4 Å². The van der Waals surface area contributed by atoms with Gasteiger partial charge in [0, 0.05) is 48.5 Å². The van der Waals surface area contributed by atoms with Gasteiger partial charge in [0.1, 0.15) is 6.10 Å². The minimum atomic E-state index is 0.00282. The number of hydrogen-bond acceptors (Lipinski definition) is 3. The lowest BCUT2D eigenvalue weighted by atomic mass is 10.1. The maximum absolute atomic E-state index is 6.08. The highest BCUT2D eigenvalue weighted by Gasteiger charge is 2.25. The number of aromatic nitrogens is 2. The SMILES string of the molecule is CCNC(=NCCc1cc(Cl)cc(Cl)c1)N1CCOC(c2cnn(C)c2)C1. The van der Waals surface area contributed by atoms with Gasteiger partial charge < -0.3 is 15.0 Å². The van der Waals surface area contributed by atoms with E-state index in [9.17, 15) is 0 Å². The van der Waals surface area contributed by atoms with E-state index in [2.05, 4.69) is 22.2 Å². The van der Waals surface area contributed by atoms with Crippen molar-refractivity contribution in [3.63, 3.8) is 0 Å². The number of aliphatic imine (C=N–C) groups is 1. The van der Waals surface area contributed by atoms with E-state index in [0.29, 0.717) is 23.2 Å². The molecule has 1 atom stereocenters. The number of rotatable bonds is 5. The molecule has 0 amide bonds. The topological polar surface area (TPSA) is 54.7 Å². The van der Waals surface area contributed by atoms with Crippen molar-refractivity contribution in [2.75, 3.05) is 32.8 Å². The molecule has 3 rings (SSSR count). The average Bonchev–Trinajstić information content (AvgIpc) is 3.07. The molecule has 146 valence electrons. The summed E-state index contributed by atoms with van der Waals surface area (Å²) in [7, 11) is 1.91. The van der Waals surface area contributed by atoms with Crippen LogP contribution in [0.4, 0.5) is 0 Å². The molecule has 0 aliphatic carbocycles. The normalized spacial score (nSPS) is 18.0. The molecule has 1 aromatic carbocycles. The Kier molecular flexibility index (Phi) is 6.99. The molecule has 0 saturated carbocycles. The molecular formula is C19H25Cl2N5O. The molecule has 1 aliphatic heterocycles. The lowest BCUT2D eigenvalue weighted by Crippen LogP contribution is -2.48. The highest BCUT2D eigenvalue weighted by Crippen LogP contribution is 2.22. The van der Waals surface area contributed by atoms with Crippen LogP contribution in [-0.2, 0) is 18.2 Å². The largest absolute Gasteiger partial charge is 0.370 e. The standard InChI is InChI=1S/C19H25Cl2N5O/c1-3-22-19(23-5-4-14-8-16(20)10-17(21)9-14)26-6-7-27-18(13-26)15-11-24-25(2)12-15/h8-12,18H,3-7,13H2,1-2H3,(H,22,23). The number of ether oxygens (including phenoxy) is 1. The van der Waals surface area contributed by atoms with E-state index in [1.165, 1.54) is 0 Å². The van der Waals surface area contributed by atoms with E-state index in [4.69, 9.17) is 32.9 Å². The number of hydrogen-bond donors (Lipinski definition) is 1. The molecule has 27 heavy (non-hydrogen) atoms. The van der Waals surface area contributed by atoms with Gasteiger partial charge in [-0.2, -0.15) is 5.10 Å². The number of benzene rings is 1. The minimum absolute atomic E-state index is 0.00282. The fourth-order valence-electron chi connectivity index (χ4n) is 3.12. The Hall–Kier alpha value is -1.76. The molecule has 6 nitrogen and oxygen atoms in total. The van der Waals surface area contributed by atoms with E-state index < -0.39 is 0 Å². The van der Waals surface area contributed by atoms with Gasteiger partial charge >= 0.3 is 0 Å². The van der Waals surface area contributed by atoms with Crippen LogP contribution < -0.4 is 5.32 Å². The highest BCUT2D eigenvalue weighted by atomic mass is 35.5. The number of nitrogens with zero attached hydrogens (tertiary/aromatic N) is 4. The summed E-state index contributed by atoms with van der Waals surface area (Å²) in [6.07, 6.45) is 4.65. The Balaban J connectivity index is 1.65. The number of aryl methyl sites for hydroxylation is 1. The van der Waals surface area contributed by atoms with Gasteiger partial charge in [-0.05, 0) is 37.1 Å². The van der Waals surface area contributed by atoms with Crippen LogP contribution in [0.5, 0.6) is 0 Å². The van der Waals surface area contributed by atoms with Crippen LogP contribution in [0.3, 0.4) is 0 Å². The number of nitrogens with one attached hydrogen (secondary N) is 1. The molecule has 1 unspecified atom stereocenters. The molecule has 0 radical (unpaired) electrons. The Morgan fingerprint density at radius 3 is 2.78 bits per heavy atom. The first-order valence-electron chi connectivity index (χ1n) is 9.13. The van der Waals surface area contributed by atoms with E-state index in [1.807, 2.05) is 31.6 Å². The first kappa shape index (κ1) is 20.0. The maximum Gasteiger partial charge on any atom is 0.194 e. The van der Waals surface area contributed by atoms with Crippen molar-refractivity contribution in [3.05, 3.63) is 51.8 Å². The fourth-order valence-corrected chi connectivity index (χ4v) is 3.69. The van der Waals surface area contributed by atoms with Crippen LogP contribution in [0, 0.1) is 0 Å². The summed E-state index contributed by atoms with van der Waals surface area (Å²) < 4.78 is 7.73. The predicted octanol–water partition coefficient (Wildman–Crippen LogP) is 3.31. The molecule has 2 heterocycles. The molecule has 1 fully saturated rings. The van der Waals surface area contributed by atoms with Gasteiger partial charge in [0.2, 0.25) is 0 Å². The van der Waals surface area contributed by atoms with Gasteiger partial charge in [0.05, 0.1) is 19.3 Å². The second-order valence-electron chi connectivity index (χ2n) is 6.52. The van der Waals surface area contributed by atoms with Crippen molar-refractivity contribution in [2.24, 2.45) is 12.0 Å². The lowest BCUT2D eigenvalue weighted by Gasteiger charge is -2.34. The number of guanidine groups is 1. The molecular weight excluding hydrogens is 385 g/mol. The van der Waals surface area contributed by atoms with Gasteiger partial charge in [-0.15, -0.1) is 0 Å². The second kappa shape index (κ2) is 9.44. The molecule has 1 aliphatic rings. The first-order chi connectivity index (χ1) is 13.0. The van der Waals surface area contributed by atoms with Crippen molar-refractivity contribution in [1.82, 2.24) is 20.0 Å². The molecule has 1 N–H and O–H groups in total. The zero-order chi connectivity index (χ0) is 19.2. The van der Waals surface area contributed by atoms with Crippen molar-refractivity contribution in [2.45, 2.75) is 19.4 Å². The third-order valence-corrected chi connectivity index (χ3v) is 4.82. The van der Waals surface area contributed by atoms with Gasteiger partial charge in [0.15, 0.2) is 5.96 Å². The summed E-state index contributed by atoms with van der Waals surface area (Å²) in [6.45, 7) is 5.77. The van der Waals surface area contributed by atoms with E-state index in [-0.39, 0.29) is 6.10 Å². The third kappa shape index (κ3) is 5.61. The van der Waals surface area contributed by atoms with Crippen LogP contribution in [0.2, 0.25) is 10.0 Å². The summed E-state index contributed by atoms with van der Waals surface area (Å²) >= 11 is 12.2. The van der Waals surface area contributed by atoms with E-state index in [1.54, 1.807) is 10.7 Å². The summed E-state index contributed by atoms with van der Waals surface area (Å²) in [5.74, 6) is 0.905. The van der Waals surface area contributed by atoms with Gasteiger partial charge in [-0.1, -0.05) is 23.2 Å². The molecule has 2 aromatic rings. The quantitative estimate of drug-likeness (QED) is 0.607. The smallest absolute Gasteiger partial charge is 0.194 e. The monoisotopic (exact) mass is 409 g/mol. The highest BCUT2D eigenvalue weighted by molar-refractivity contribution is 6.34. The lowest BCUT2D eigenvalue weighted by molar-refractivity contribution is -0.00803. The number of morpholine rings is 1. The number of halogens is 2. The van der Waals surface area contributed by atoms with Crippen LogP contribution >= 0.6 is 23.2 Å². The van der Waals surface area contributed by atoms with Gasteiger partial charge in [0.25, 0.3) is 0 Å². The molecule has 0 bridgehead atoms. The van der Waals surface area contributed by atoms with Crippen molar-refractivity contribution < 1.29 is 4.74 Å². The second-order valence-corrected chi connectivity index (χ2v) is 7.39. The van der Waals surface area contributed by atoms with E-state index in [0.717, 1.165) is 43.1 Å². The zero-order valence-electron chi connectivity index (χ0n) is 15.7. The van der Waals surface area contributed by atoms with Crippen molar-refractivity contribution in [3.8, 4) is 0 Å². The first-order valence-corrected chi connectivity index (χ1v) is 9.89. The molecule has 0 spiro atoms. The fraction of sp³-hybridized carbons (Fsp3) is 0.474. The maximum atomic E-state index is 6.08. The molecule has 1 aromatic heterocycles. The molecule has 1 saturated heterocycles. The summed E-state index contributed by atoms with van der Waals surface area (Å²) in [6, 6.07) is 5.61. The Labute approximate surface area is 170 Å². The van der Waals surface area contributed by atoms with Crippen molar-refractivity contribution in [1.29, 1.82) is 0 Å². The summed E-state index contributed by atoms with van der Waals surface area (Å²) in [4.78, 5) is 7.04. The van der Waals surface area contributed by atoms with Crippen molar-refractivity contribution >= 4 is 29.2 Å². The predicted molar refractivity (Wildman–Crippen MR) is 110 cm³/mol. The van der Waals surface area contributed by atoms with Gasteiger partial charge in [-0.3, -0.25) is 9.67 Å². The third-order valence-electron chi connectivity index (χ3n) is 4.38. The summed E-state index contributed by atoms with van der Waals surface area (Å²) in [5.41, 5.74) is 2.17.